The maximum Gasteiger partial charge on any atom is 0.282 e. The lowest BCUT2D eigenvalue weighted by Crippen LogP contribution is -2.51. The average molecular weight is 295 g/mol. The molecule has 1 unspecified atom stereocenters. The molecule has 2 fully saturated rings. The molecule has 0 radical (unpaired) electrons. The van der Waals surface area contributed by atoms with E-state index in [9.17, 15) is 8.42 Å². The number of piperidine rings is 1. The van der Waals surface area contributed by atoms with Gasteiger partial charge in [0.25, 0.3) is 10.2 Å². The summed E-state index contributed by atoms with van der Waals surface area (Å²) in [6.45, 7) is 1.98. The Morgan fingerprint density at radius 2 is 1.56 bits per heavy atom. The first kappa shape index (κ1) is 14.6. The van der Waals surface area contributed by atoms with E-state index in [4.69, 9.17) is 11.6 Å². The molecule has 1 atom stereocenters. The molecule has 0 aromatic rings. The predicted molar refractivity (Wildman–Crippen MR) is 74.0 cm³/mol. The van der Waals surface area contributed by atoms with Gasteiger partial charge in [0, 0.05) is 31.6 Å². The first-order valence-electron chi connectivity index (χ1n) is 6.99. The number of alkyl halides is 1. The summed E-state index contributed by atoms with van der Waals surface area (Å²) in [6.07, 6.45) is 7.20. The van der Waals surface area contributed by atoms with E-state index in [1.54, 1.807) is 8.61 Å². The van der Waals surface area contributed by atoms with E-state index in [0.29, 0.717) is 25.5 Å². The van der Waals surface area contributed by atoms with Gasteiger partial charge in [-0.1, -0.05) is 19.3 Å². The summed E-state index contributed by atoms with van der Waals surface area (Å²) in [5, 5.41) is 0. The molecule has 2 heterocycles. The molecule has 2 aliphatic rings. The Labute approximate surface area is 115 Å². The Bertz CT molecular complexity index is 353. The monoisotopic (exact) mass is 294 g/mol. The minimum absolute atomic E-state index is 0.00586. The third-order valence-electron chi connectivity index (χ3n) is 3.94. The number of rotatable bonds is 3. The van der Waals surface area contributed by atoms with Crippen molar-refractivity contribution in [1.82, 2.24) is 8.61 Å². The summed E-state index contributed by atoms with van der Waals surface area (Å²) in [7, 11) is -3.29. The summed E-state index contributed by atoms with van der Waals surface area (Å²) >= 11 is 5.93. The van der Waals surface area contributed by atoms with Crippen molar-refractivity contribution in [2.75, 3.05) is 25.5 Å². The highest BCUT2D eigenvalue weighted by Gasteiger charge is 2.36. The lowest BCUT2D eigenvalue weighted by molar-refractivity contribution is 0.247. The third-order valence-corrected chi connectivity index (χ3v) is 6.39. The van der Waals surface area contributed by atoms with Crippen LogP contribution in [0.4, 0.5) is 0 Å². The van der Waals surface area contributed by atoms with Crippen LogP contribution < -0.4 is 0 Å². The second kappa shape index (κ2) is 6.55. The number of hydrogen-bond donors (Lipinski definition) is 0. The molecule has 0 aliphatic carbocycles. The van der Waals surface area contributed by atoms with Gasteiger partial charge in [-0.3, -0.25) is 0 Å². The van der Waals surface area contributed by atoms with E-state index < -0.39 is 10.2 Å². The summed E-state index contributed by atoms with van der Waals surface area (Å²) in [6, 6.07) is -0.00586. The topological polar surface area (TPSA) is 40.6 Å². The van der Waals surface area contributed by atoms with E-state index in [1.807, 2.05) is 0 Å². The van der Waals surface area contributed by atoms with Gasteiger partial charge in [-0.15, -0.1) is 11.6 Å². The van der Waals surface area contributed by atoms with Gasteiger partial charge in [0.05, 0.1) is 0 Å². The maximum atomic E-state index is 12.7. The fourth-order valence-corrected chi connectivity index (χ4v) is 5.19. The molecule has 6 heteroatoms. The molecular formula is C12H23ClN2O2S. The lowest BCUT2D eigenvalue weighted by atomic mass is 10.1. The maximum absolute atomic E-state index is 12.7. The Morgan fingerprint density at radius 3 is 2.17 bits per heavy atom. The third kappa shape index (κ3) is 3.18. The van der Waals surface area contributed by atoms with Crippen molar-refractivity contribution in [1.29, 1.82) is 0 Å². The standard InChI is InChI=1S/C12H23ClN2O2S/c13-11-12-7-3-6-10-15(12)18(16,17)14-8-4-1-2-5-9-14/h12H,1-11H2. The molecular weight excluding hydrogens is 272 g/mol. The van der Waals surface area contributed by atoms with Gasteiger partial charge in [0.15, 0.2) is 0 Å². The number of halogens is 1. The van der Waals surface area contributed by atoms with Crippen LogP contribution in [-0.2, 0) is 10.2 Å². The van der Waals surface area contributed by atoms with Gasteiger partial charge < -0.3 is 0 Å². The van der Waals surface area contributed by atoms with Crippen LogP contribution in [0.5, 0.6) is 0 Å². The van der Waals surface area contributed by atoms with Crippen molar-refractivity contribution in [3.8, 4) is 0 Å². The molecule has 2 saturated heterocycles. The molecule has 106 valence electrons. The Hall–Kier alpha value is 0.160. The van der Waals surface area contributed by atoms with Crippen LogP contribution in [0.15, 0.2) is 0 Å². The predicted octanol–water partition coefficient (Wildman–Crippen LogP) is 2.20. The van der Waals surface area contributed by atoms with E-state index in [1.165, 1.54) is 0 Å². The molecule has 4 nitrogen and oxygen atoms in total. The van der Waals surface area contributed by atoms with Gasteiger partial charge in [-0.05, 0) is 25.7 Å². The molecule has 0 N–H and O–H groups in total. The summed E-state index contributed by atoms with van der Waals surface area (Å²) in [5.74, 6) is 0.410. The zero-order chi connectivity index (χ0) is 13.0. The van der Waals surface area contributed by atoms with Gasteiger partial charge in [0.2, 0.25) is 0 Å². The first-order valence-corrected chi connectivity index (χ1v) is 8.92. The lowest BCUT2D eigenvalue weighted by Gasteiger charge is -2.36. The van der Waals surface area contributed by atoms with E-state index >= 15 is 0 Å². The molecule has 0 spiro atoms. The molecule has 0 aromatic heterocycles. The van der Waals surface area contributed by atoms with Crippen molar-refractivity contribution < 1.29 is 8.42 Å². The van der Waals surface area contributed by atoms with E-state index in [-0.39, 0.29) is 6.04 Å². The van der Waals surface area contributed by atoms with Crippen LogP contribution in [0.25, 0.3) is 0 Å². The largest absolute Gasteiger partial charge is 0.282 e. The molecule has 0 amide bonds. The minimum atomic E-state index is -3.29. The average Bonchev–Trinajstić information content (AvgIpc) is 2.68. The molecule has 0 bridgehead atoms. The van der Waals surface area contributed by atoms with Crippen LogP contribution in [0, 0.1) is 0 Å². The second-order valence-electron chi connectivity index (χ2n) is 5.24. The summed E-state index contributed by atoms with van der Waals surface area (Å²) in [4.78, 5) is 0. The molecule has 18 heavy (non-hydrogen) atoms. The molecule has 0 aromatic carbocycles. The Kier molecular flexibility index (Phi) is 5.30. The second-order valence-corrected chi connectivity index (χ2v) is 7.43. The van der Waals surface area contributed by atoms with Gasteiger partial charge in [0.1, 0.15) is 0 Å². The van der Waals surface area contributed by atoms with Crippen LogP contribution in [0.3, 0.4) is 0 Å². The normalized spacial score (nSPS) is 29.1. The van der Waals surface area contributed by atoms with Crippen molar-refractivity contribution in [3.05, 3.63) is 0 Å². The zero-order valence-corrected chi connectivity index (χ0v) is 12.4. The van der Waals surface area contributed by atoms with Crippen LogP contribution in [0.1, 0.15) is 44.9 Å². The van der Waals surface area contributed by atoms with Crippen molar-refractivity contribution in [2.45, 2.75) is 51.0 Å². The van der Waals surface area contributed by atoms with Gasteiger partial charge in [-0.2, -0.15) is 17.0 Å². The van der Waals surface area contributed by atoms with Crippen molar-refractivity contribution >= 4 is 21.8 Å². The van der Waals surface area contributed by atoms with Gasteiger partial charge >= 0.3 is 0 Å². The molecule has 2 aliphatic heterocycles. The zero-order valence-electron chi connectivity index (χ0n) is 10.9. The fourth-order valence-electron chi connectivity index (χ4n) is 2.85. The number of hydrogen-bond acceptors (Lipinski definition) is 2. The SMILES string of the molecule is O=S(=O)(N1CCCCCC1)N1CCCCC1CCl. The van der Waals surface area contributed by atoms with Crippen LogP contribution >= 0.6 is 11.6 Å². The van der Waals surface area contributed by atoms with E-state index in [0.717, 1.165) is 44.9 Å². The highest BCUT2D eigenvalue weighted by atomic mass is 35.5. The quantitative estimate of drug-likeness (QED) is 0.749. The van der Waals surface area contributed by atoms with Crippen molar-refractivity contribution in [3.63, 3.8) is 0 Å². The molecule has 0 saturated carbocycles. The van der Waals surface area contributed by atoms with Crippen molar-refractivity contribution in [2.24, 2.45) is 0 Å². The highest BCUT2D eigenvalue weighted by Crippen LogP contribution is 2.25. The summed E-state index contributed by atoms with van der Waals surface area (Å²) in [5.41, 5.74) is 0. The number of nitrogens with zero attached hydrogens (tertiary/aromatic N) is 2. The summed E-state index contributed by atoms with van der Waals surface area (Å²) < 4.78 is 28.6. The van der Waals surface area contributed by atoms with Crippen LogP contribution in [0.2, 0.25) is 0 Å². The Balaban J connectivity index is 2.12. The highest BCUT2D eigenvalue weighted by molar-refractivity contribution is 7.86. The minimum Gasteiger partial charge on any atom is -0.195 e. The van der Waals surface area contributed by atoms with Gasteiger partial charge in [-0.25, -0.2) is 0 Å². The first-order chi connectivity index (χ1) is 8.66. The Morgan fingerprint density at radius 1 is 0.944 bits per heavy atom. The smallest absolute Gasteiger partial charge is 0.195 e. The van der Waals surface area contributed by atoms with Crippen LogP contribution in [-0.4, -0.2) is 48.6 Å². The fraction of sp³-hybridized carbons (Fsp3) is 1.00. The molecule has 2 rings (SSSR count). The van der Waals surface area contributed by atoms with E-state index in [2.05, 4.69) is 0 Å².